The highest BCUT2D eigenvalue weighted by Crippen LogP contribution is 2.35. The molecule has 3 atom stereocenters. The largest absolute Gasteiger partial charge is 0.299 e. The summed E-state index contributed by atoms with van der Waals surface area (Å²) in [4.78, 5) is 14.3. The van der Waals surface area contributed by atoms with Crippen molar-refractivity contribution in [3.8, 4) is 0 Å². The second-order valence-electron chi connectivity index (χ2n) is 4.62. The summed E-state index contributed by atoms with van der Waals surface area (Å²) in [6.45, 7) is 3.75. The van der Waals surface area contributed by atoms with E-state index in [-0.39, 0.29) is 5.92 Å². The van der Waals surface area contributed by atoms with Gasteiger partial charge in [0.15, 0.2) is 0 Å². The monoisotopic (exact) mass is 193 g/mol. The number of allylic oxidation sites excluding steroid dienone is 1. The molecule has 78 valence electrons. The number of rotatable bonds is 2. The van der Waals surface area contributed by atoms with E-state index in [4.69, 9.17) is 0 Å². The van der Waals surface area contributed by atoms with Gasteiger partial charge in [0.2, 0.25) is 0 Å². The Morgan fingerprint density at radius 1 is 1.57 bits per heavy atom. The standard InChI is InChI=1S/C12H19NO/c1-3-5-10-11-7-4-6-9(13(11)2)8-12(10)14/h3,9-11H,1,4-8H2,2H3/t9-,10+,11+/m0/s1. The number of Topliss-reactive ketones (excluding diaryl/α,β-unsaturated/α-hetero) is 1. The van der Waals surface area contributed by atoms with Crippen molar-refractivity contribution in [3.63, 3.8) is 0 Å². The lowest BCUT2D eigenvalue weighted by Gasteiger charge is -2.47. The van der Waals surface area contributed by atoms with Crippen LogP contribution in [0.15, 0.2) is 12.7 Å². The van der Waals surface area contributed by atoms with E-state index in [9.17, 15) is 4.79 Å². The molecule has 2 bridgehead atoms. The van der Waals surface area contributed by atoms with Crippen molar-refractivity contribution in [1.29, 1.82) is 0 Å². The van der Waals surface area contributed by atoms with E-state index in [1.165, 1.54) is 19.3 Å². The molecule has 2 saturated heterocycles. The fourth-order valence-corrected chi connectivity index (χ4v) is 3.04. The third-order valence-corrected chi connectivity index (χ3v) is 3.87. The summed E-state index contributed by atoms with van der Waals surface area (Å²) in [6, 6.07) is 1.02. The molecule has 2 heterocycles. The minimum Gasteiger partial charge on any atom is -0.299 e. The van der Waals surface area contributed by atoms with Gasteiger partial charge in [0.1, 0.15) is 5.78 Å². The number of ketones is 1. The Balaban J connectivity index is 2.16. The molecule has 0 N–H and O–H groups in total. The summed E-state index contributed by atoms with van der Waals surface area (Å²) < 4.78 is 0. The number of carbonyl (C=O) groups is 1. The highest BCUT2D eigenvalue weighted by molar-refractivity contribution is 5.83. The minimum atomic E-state index is 0.231. The van der Waals surface area contributed by atoms with Crippen LogP contribution in [0.2, 0.25) is 0 Å². The molecular formula is C12H19NO. The molecule has 0 amide bonds. The SMILES string of the molecule is C=CC[C@H]1C(=O)C[C@@H]2CCC[C@H]1N2C. The van der Waals surface area contributed by atoms with Crippen LogP contribution < -0.4 is 0 Å². The maximum absolute atomic E-state index is 11.9. The van der Waals surface area contributed by atoms with Crippen LogP contribution in [-0.2, 0) is 4.79 Å². The molecule has 2 fully saturated rings. The molecule has 0 radical (unpaired) electrons. The second kappa shape index (κ2) is 3.85. The maximum atomic E-state index is 11.9. The first-order valence-electron chi connectivity index (χ1n) is 5.59. The zero-order chi connectivity index (χ0) is 10.1. The molecule has 2 heteroatoms. The van der Waals surface area contributed by atoms with E-state index in [0.717, 1.165) is 12.8 Å². The molecule has 2 nitrogen and oxygen atoms in total. The maximum Gasteiger partial charge on any atom is 0.139 e. The van der Waals surface area contributed by atoms with Crippen LogP contribution in [0, 0.1) is 5.92 Å². The quantitative estimate of drug-likeness (QED) is 0.625. The molecule has 2 aliphatic rings. The van der Waals surface area contributed by atoms with Gasteiger partial charge in [-0.3, -0.25) is 9.69 Å². The van der Waals surface area contributed by atoms with Crippen LogP contribution in [-0.4, -0.2) is 29.8 Å². The lowest BCUT2D eigenvalue weighted by atomic mass is 9.76. The highest BCUT2D eigenvalue weighted by atomic mass is 16.1. The first-order chi connectivity index (χ1) is 6.74. The van der Waals surface area contributed by atoms with Gasteiger partial charge in [0, 0.05) is 24.4 Å². The number of fused-ring (bicyclic) bond motifs is 2. The molecule has 0 spiro atoms. The minimum absolute atomic E-state index is 0.231. The summed E-state index contributed by atoms with van der Waals surface area (Å²) >= 11 is 0. The zero-order valence-corrected chi connectivity index (χ0v) is 8.91. The van der Waals surface area contributed by atoms with Crippen LogP contribution >= 0.6 is 0 Å². The Hall–Kier alpha value is -0.630. The Bertz CT molecular complexity index is 249. The summed E-state index contributed by atoms with van der Waals surface area (Å²) in [6.07, 6.45) is 7.22. The van der Waals surface area contributed by atoms with Gasteiger partial charge in [-0.2, -0.15) is 0 Å². The number of piperidine rings is 2. The molecule has 14 heavy (non-hydrogen) atoms. The van der Waals surface area contributed by atoms with Crippen LogP contribution in [0.4, 0.5) is 0 Å². The summed E-state index contributed by atoms with van der Waals surface area (Å²) in [7, 11) is 2.18. The lowest BCUT2D eigenvalue weighted by Crippen LogP contribution is -2.55. The first kappa shape index (κ1) is 9.91. The third kappa shape index (κ3) is 1.52. The fraction of sp³-hybridized carbons (Fsp3) is 0.750. The van der Waals surface area contributed by atoms with Crippen molar-refractivity contribution in [3.05, 3.63) is 12.7 Å². The van der Waals surface area contributed by atoms with Crippen molar-refractivity contribution in [2.24, 2.45) is 5.92 Å². The predicted octanol–water partition coefficient (Wildman–Crippen LogP) is 2.00. The van der Waals surface area contributed by atoms with E-state index in [1.807, 2.05) is 6.08 Å². The highest BCUT2D eigenvalue weighted by Gasteiger charge is 2.41. The molecule has 0 saturated carbocycles. The Morgan fingerprint density at radius 3 is 3.07 bits per heavy atom. The summed E-state index contributed by atoms with van der Waals surface area (Å²) in [5.41, 5.74) is 0. The van der Waals surface area contributed by atoms with E-state index < -0.39 is 0 Å². The van der Waals surface area contributed by atoms with Gasteiger partial charge >= 0.3 is 0 Å². The fourth-order valence-electron chi connectivity index (χ4n) is 3.04. The topological polar surface area (TPSA) is 20.3 Å². The van der Waals surface area contributed by atoms with E-state index in [1.54, 1.807) is 0 Å². The predicted molar refractivity (Wildman–Crippen MR) is 57.1 cm³/mol. The smallest absolute Gasteiger partial charge is 0.139 e. The molecule has 0 aliphatic carbocycles. The van der Waals surface area contributed by atoms with Gasteiger partial charge in [-0.05, 0) is 26.3 Å². The normalized spacial score (nSPS) is 38.4. The Labute approximate surface area is 86.0 Å². The van der Waals surface area contributed by atoms with Gasteiger partial charge in [-0.15, -0.1) is 6.58 Å². The molecule has 2 rings (SSSR count). The molecular weight excluding hydrogens is 174 g/mol. The van der Waals surface area contributed by atoms with Crippen LogP contribution in [0.25, 0.3) is 0 Å². The zero-order valence-electron chi connectivity index (χ0n) is 8.91. The first-order valence-corrected chi connectivity index (χ1v) is 5.59. The van der Waals surface area contributed by atoms with Gasteiger partial charge in [0.05, 0.1) is 0 Å². The average molecular weight is 193 g/mol. The van der Waals surface area contributed by atoms with Crippen molar-refractivity contribution in [2.45, 2.75) is 44.2 Å². The molecule has 0 aromatic carbocycles. The molecule has 0 unspecified atom stereocenters. The van der Waals surface area contributed by atoms with Gasteiger partial charge in [-0.25, -0.2) is 0 Å². The van der Waals surface area contributed by atoms with E-state index >= 15 is 0 Å². The van der Waals surface area contributed by atoms with Crippen molar-refractivity contribution < 1.29 is 4.79 Å². The van der Waals surface area contributed by atoms with E-state index in [2.05, 4.69) is 18.5 Å². The number of nitrogens with zero attached hydrogens (tertiary/aromatic N) is 1. The summed E-state index contributed by atoms with van der Waals surface area (Å²) in [5, 5.41) is 0. The Morgan fingerprint density at radius 2 is 2.36 bits per heavy atom. The van der Waals surface area contributed by atoms with E-state index in [0.29, 0.717) is 17.9 Å². The van der Waals surface area contributed by atoms with Crippen LogP contribution in [0.5, 0.6) is 0 Å². The number of hydrogen-bond acceptors (Lipinski definition) is 2. The van der Waals surface area contributed by atoms with Crippen LogP contribution in [0.3, 0.4) is 0 Å². The molecule has 0 aromatic heterocycles. The molecule has 0 aromatic rings. The van der Waals surface area contributed by atoms with Crippen LogP contribution in [0.1, 0.15) is 32.1 Å². The van der Waals surface area contributed by atoms with Gasteiger partial charge < -0.3 is 0 Å². The average Bonchev–Trinajstić information content (AvgIpc) is 2.15. The van der Waals surface area contributed by atoms with Crippen molar-refractivity contribution in [1.82, 2.24) is 4.90 Å². The third-order valence-electron chi connectivity index (χ3n) is 3.87. The van der Waals surface area contributed by atoms with Crippen molar-refractivity contribution in [2.75, 3.05) is 7.05 Å². The lowest BCUT2D eigenvalue weighted by molar-refractivity contribution is -0.133. The molecule has 2 aliphatic heterocycles. The van der Waals surface area contributed by atoms with Crippen molar-refractivity contribution >= 4 is 5.78 Å². The number of hydrogen-bond donors (Lipinski definition) is 0. The summed E-state index contributed by atoms with van der Waals surface area (Å²) in [5.74, 6) is 0.701. The van der Waals surface area contributed by atoms with Gasteiger partial charge in [0.25, 0.3) is 0 Å². The Kier molecular flexibility index (Phi) is 2.73. The number of carbonyl (C=O) groups excluding carboxylic acids is 1. The van der Waals surface area contributed by atoms with Gasteiger partial charge in [-0.1, -0.05) is 12.5 Å². The second-order valence-corrected chi connectivity index (χ2v) is 4.62.